The fraction of sp³-hybridized carbons (Fsp3) is 0.286. The van der Waals surface area contributed by atoms with Crippen LogP contribution in [0.3, 0.4) is 0 Å². The van der Waals surface area contributed by atoms with E-state index in [9.17, 15) is 18.7 Å². The lowest BCUT2D eigenvalue weighted by Gasteiger charge is -2.26. The maximum absolute atomic E-state index is 13.4. The molecule has 1 aliphatic heterocycles. The molecule has 0 fully saturated rings. The molecule has 0 spiro atoms. The SMILES string of the molecule is CCC1=C(C(=O)O)C(c2ccc(F)c(F)c2)NC(OC)=N1. The standard InChI is InChI=1S/C14H14F2N2O3/c1-3-10-11(13(19)20)12(18-14(17-10)21-2)7-4-5-8(15)9(16)6-7/h4-6,12H,3H2,1-2H3,(H,17,18)(H,19,20). The summed E-state index contributed by atoms with van der Waals surface area (Å²) >= 11 is 0. The van der Waals surface area contributed by atoms with Gasteiger partial charge in [-0.2, -0.15) is 0 Å². The van der Waals surface area contributed by atoms with Crippen LogP contribution in [0.2, 0.25) is 0 Å². The lowest BCUT2D eigenvalue weighted by Crippen LogP contribution is -2.37. The molecule has 7 heteroatoms. The molecule has 0 saturated heterocycles. The number of methoxy groups -OCH3 is 1. The van der Waals surface area contributed by atoms with E-state index in [1.165, 1.54) is 13.2 Å². The Hall–Kier alpha value is -2.44. The van der Waals surface area contributed by atoms with Crippen LogP contribution in [0.5, 0.6) is 0 Å². The van der Waals surface area contributed by atoms with Gasteiger partial charge in [0.25, 0.3) is 6.02 Å². The van der Waals surface area contributed by atoms with E-state index in [4.69, 9.17) is 4.74 Å². The van der Waals surface area contributed by atoms with E-state index in [1.807, 2.05) is 0 Å². The fourth-order valence-electron chi connectivity index (χ4n) is 2.14. The molecule has 1 unspecified atom stereocenters. The van der Waals surface area contributed by atoms with Crippen molar-refractivity contribution in [3.05, 3.63) is 46.7 Å². The number of allylic oxidation sites excluding steroid dienone is 1. The van der Waals surface area contributed by atoms with Crippen LogP contribution < -0.4 is 5.32 Å². The van der Waals surface area contributed by atoms with Crippen LogP contribution in [-0.2, 0) is 9.53 Å². The monoisotopic (exact) mass is 296 g/mol. The third-order valence-corrected chi connectivity index (χ3v) is 3.14. The first-order valence-corrected chi connectivity index (χ1v) is 6.28. The first-order chi connectivity index (χ1) is 9.97. The van der Waals surface area contributed by atoms with Gasteiger partial charge in [-0.25, -0.2) is 18.6 Å². The second-order valence-electron chi connectivity index (χ2n) is 4.39. The molecule has 2 N–H and O–H groups in total. The third-order valence-electron chi connectivity index (χ3n) is 3.14. The number of ether oxygens (including phenoxy) is 1. The van der Waals surface area contributed by atoms with Crippen molar-refractivity contribution in [1.82, 2.24) is 5.32 Å². The first-order valence-electron chi connectivity index (χ1n) is 6.28. The Morgan fingerprint density at radius 3 is 2.67 bits per heavy atom. The number of benzene rings is 1. The number of aliphatic imine (C=N–C) groups is 1. The Balaban J connectivity index is 2.55. The van der Waals surface area contributed by atoms with Crippen molar-refractivity contribution in [2.75, 3.05) is 7.11 Å². The van der Waals surface area contributed by atoms with Crippen molar-refractivity contribution in [3.63, 3.8) is 0 Å². The highest BCUT2D eigenvalue weighted by molar-refractivity contribution is 5.93. The van der Waals surface area contributed by atoms with Crippen LogP contribution in [0.25, 0.3) is 0 Å². The lowest BCUT2D eigenvalue weighted by molar-refractivity contribution is -0.133. The zero-order valence-corrected chi connectivity index (χ0v) is 11.5. The van der Waals surface area contributed by atoms with Gasteiger partial charge in [0.15, 0.2) is 11.6 Å². The number of carboxylic acid groups (broad SMARTS) is 1. The number of rotatable bonds is 3. The van der Waals surface area contributed by atoms with Gasteiger partial charge in [0.05, 0.1) is 24.4 Å². The topological polar surface area (TPSA) is 70.9 Å². The highest BCUT2D eigenvalue weighted by Gasteiger charge is 2.31. The smallest absolute Gasteiger partial charge is 0.335 e. The molecule has 21 heavy (non-hydrogen) atoms. The molecule has 1 atom stereocenters. The van der Waals surface area contributed by atoms with Gasteiger partial charge in [-0.1, -0.05) is 13.0 Å². The van der Waals surface area contributed by atoms with Crippen LogP contribution in [-0.4, -0.2) is 24.2 Å². The van der Waals surface area contributed by atoms with Crippen molar-refractivity contribution >= 4 is 12.0 Å². The van der Waals surface area contributed by atoms with Gasteiger partial charge >= 0.3 is 5.97 Å². The zero-order chi connectivity index (χ0) is 15.6. The normalized spacial score (nSPS) is 18.1. The molecule has 0 saturated carbocycles. The van der Waals surface area contributed by atoms with E-state index < -0.39 is 23.6 Å². The number of hydrogen-bond donors (Lipinski definition) is 2. The molecule has 0 aliphatic carbocycles. The highest BCUT2D eigenvalue weighted by atomic mass is 19.2. The van der Waals surface area contributed by atoms with E-state index in [2.05, 4.69) is 10.3 Å². The quantitative estimate of drug-likeness (QED) is 0.898. The van der Waals surface area contributed by atoms with Gasteiger partial charge in [-0.3, -0.25) is 0 Å². The number of hydrogen-bond acceptors (Lipinski definition) is 4. The highest BCUT2D eigenvalue weighted by Crippen LogP contribution is 2.30. The van der Waals surface area contributed by atoms with Crippen molar-refractivity contribution in [3.8, 4) is 0 Å². The van der Waals surface area contributed by atoms with Crippen molar-refractivity contribution in [2.45, 2.75) is 19.4 Å². The minimum Gasteiger partial charge on any atom is -0.478 e. The van der Waals surface area contributed by atoms with Gasteiger partial charge in [-0.05, 0) is 24.1 Å². The number of aliphatic carboxylic acids is 1. The molecule has 0 radical (unpaired) electrons. The summed E-state index contributed by atoms with van der Waals surface area (Å²) in [7, 11) is 1.38. The maximum Gasteiger partial charge on any atom is 0.335 e. The summed E-state index contributed by atoms with van der Waals surface area (Å²) in [5.41, 5.74) is 0.596. The number of carbonyl (C=O) groups is 1. The van der Waals surface area contributed by atoms with Crippen molar-refractivity contribution in [1.29, 1.82) is 0 Å². The number of nitrogens with zero attached hydrogens (tertiary/aromatic N) is 1. The Bertz CT molecular complexity index is 641. The summed E-state index contributed by atoms with van der Waals surface area (Å²) in [6, 6.07) is 2.51. The number of carboxylic acids is 1. The summed E-state index contributed by atoms with van der Waals surface area (Å²) in [6.45, 7) is 1.75. The van der Waals surface area contributed by atoms with Crippen molar-refractivity contribution in [2.24, 2.45) is 4.99 Å². The molecule has 5 nitrogen and oxygen atoms in total. The average Bonchev–Trinajstić information content (AvgIpc) is 2.48. The Labute approximate surface area is 120 Å². The molecule has 1 aromatic carbocycles. The summed E-state index contributed by atoms with van der Waals surface area (Å²) < 4.78 is 31.4. The molecule has 0 bridgehead atoms. The second-order valence-corrected chi connectivity index (χ2v) is 4.39. The molecule has 1 heterocycles. The molecule has 1 aromatic rings. The van der Waals surface area contributed by atoms with E-state index >= 15 is 0 Å². The predicted molar refractivity (Wildman–Crippen MR) is 71.6 cm³/mol. The van der Waals surface area contributed by atoms with Gasteiger partial charge in [0, 0.05) is 0 Å². The first kappa shape index (κ1) is 15.0. The minimum atomic E-state index is -1.17. The third kappa shape index (κ3) is 2.86. The van der Waals surface area contributed by atoms with Gasteiger partial charge < -0.3 is 15.2 Å². The number of amidine groups is 1. The fourth-order valence-corrected chi connectivity index (χ4v) is 2.14. The van der Waals surface area contributed by atoms with Crippen LogP contribution in [0, 0.1) is 11.6 Å². The molecular formula is C14H14F2N2O3. The minimum absolute atomic E-state index is 0.00990. The Morgan fingerprint density at radius 1 is 1.43 bits per heavy atom. The summed E-state index contributed by atoms with van der Waals surface area (Å²) in [5.74, 6) is -3.21. The Morgan fingerprint density at radius 2 is 2.14 bits per heavy atom. The largest absolute Gasteiger partial charge is 0.478 e. The van der Waals surface area contributed by atoms with Gasteiger partial charge in [0.1, 0.15) is 0 Å². The van der Waals surface area contributed by atoms with E-state index in [1.54, 1.807) is 6.92 Å². The van der Waals surface area contributed by atoms with E-state index in [0.29, 0.717) is 12.1 Å². The van der Waals surface area contributed by atoms with Gasteiger partial charge in [-0.15, -0.1) is 0 Å². The van der Waals surface area contributed by atoms with E-state index in [-0.39, 0.29) is 17.2 Å². The van der Waals surface area contributed by atoms with Gasteiger partial charge in [0.2, 0.25) is 0 Å². The van der Waals surface area contributed by atoms with E-state index in [0.717, 1.165) is 12.1 Å². The molecule has 2 rings (SSSR count). The van der Waals surface area contributed by atoms with Crippen LogP contribution >= 0.6 is 0 Å². The van der Waals surface area contributed by atoms with Crippen molar-refractivity contribution < 1.29 is 23.4 Å². The lowest BCUT2D eigenvalue weighted by atomic mass is 9.95. The van der Waals surface area contributed by atoms with Crippen LogP contribution in [0.4, 0.5) is 8.78 Å². The second kappa shape index (κ2) is 5.90. The molecular weight excluding hydrogens is 282 g/mol. The zero-order valence-electron chi connectivity index (χ0n) is 11.5. The average molecular weight is 296 g/mol. The molecule has 1 aliphatic rings. The Kier molecular flexibility index (Phi) is 4.21. The van der Waals surface area contributed by atoms with Crippen LogP contribution in [0.1, 0.15) is 24.9 Å². The summed E-state index contributed by atoms with van der Waals surface area (Å²) in [4.78, 5) is 15.5. The molecule has 112 valence electrons. The summed E-state index contributed by atoms with van der Waals surface area (Å²) in [5, 5.41) is 12.1. The molecule has 0 amide bonds. The summed E-state index contributed by atoms with van der Waals surface area (Å²) in [6.07, 6.45) is 0.371. The molecule has 0 aromatic heterocycles. The predicted octanol–water partition coefficient (Wildman–Crippen LogP) is 2.36. The van der Waals surface area contributed by atoms with Crippen LogP contribution in [0.15, 0.2) is 34.5 Å². The number of nitrogens with one attached hydrogen (secondary N) is 1. The number of halogens is 2. The maximum atomic E-state index is 13.4.